The van der Waals surface area contributed by atoms with Gasteiger partial charge in [0.2, 0.25) is 0 Å². The first-order chi connectivity index (χ1) is 15.0. The molecule has 0 bridgehead atoms. The average Bonchev–Trinajstić information content (AvgIpc) is 2.94. The van der Waals surface area contributed by atoms with Crippen molar-refractivity contribution in [2.24, 2.45) is 4.99 Å². The Morgan fingerprint density at radius 3 is 2.16 bits per heavy atom. The molecule has 1 atom stereocenters. The van der Waals surface area contributed by atoms with Crippen molar-refractivity contribution in [1.82, 2.24) is 9.55 Å². The van der Waals surface area contributed by atoms with Crippen LogP contribution in [0.2, 0.25) is 0 Å². The minimum absolute atomic E-state index is 0.0893. The number of rotatable bonds is 4. The zero-order valence-electron chi connectivity index (χ0n) is 16.9. The summed E-state index contributed by atoms with van der Waals surface area (Å²) in [7, 11) is 0. The predicted octanol–water partition coefficient (Wildman–Crippen LogP) is 4.46. The number of carbonyl (C=O) groups is 2. The van der Waals surface area contributed by atoms with E-state index in [-0.39, 0.29) is 24.9 Å². The number of aliphatic imine (C=N–C) groups is 1. The maximum Gasteiger partial charge on any atom is 0.261 e. The van der Waals surface area contributed by atoms with Crippen molar-refractivity contribution in [3.8, 4) is 0 Å². The van der Waals surface area contributed by atoms with Crippen LogP contribution in [-0.2, 0) is 6.54 Å². The summed E-state index contributed by atoms with van der Waals surface area (Å²) in [5.74, 6) is -0.624. The van der Waals surface area contributed by atoms with E-state index in [1.807, 2.05) is 54.6 Å². The summed E-state index contributed by atoms with van der Waals surface area (Å²) < 4.78 is -0.532. The van der Waals surface area contributed by atoms with E-state index in [1.54, 1.807) is 24.3 Å². The topological polar surface area (TPSA) is 72.8 Å². The summed E-state index contributed by atoms with van der Waals surface area (Å²) in [5, 5.41) is 13.9. The monoisotopic (exact) mass is 411 g/mol. The molecule has 154 valence electrons. The molecule has 0 aromatic heterocycles. The molecule has 0 saturated carbocycles. The van der Waals surface area contributed by atoms with Gasteiger partial charge in [0.15, 0.2) is 5.69 Å². The highest BCUT2D eigenvalue weighted by Crippen LogP contribution is 2.37. The van der Waals surface area contributed by atoms with Crippen molar-refractivity contribution in [2.45, 2.75) is 13.0 Å². The van der Waals surface area contributed by atoms with Crippen LogP contribution in [0.4, 0.5) is 11.4 Å². The second-order valence-electron chi connectivity index (χ2n) is 7.92. The number of hydroxylamine groups is 2. The van der Waals surface area contributed by atoms with E-state index in [1.165, 1.54) is 4.90 Å². The maximum atomic E-state index is 13.9. The van der Waals surface area contributed by atoms with Gasteiger partial charge in [-0.25, -0.2) is 4.99 Å². The van der Waals surface area contributed by atoms with Crippen molar-refractivity contribution in [3.63, 3.8) is 0 Å². The Labute approximate surface area is 180 Å². The standard InChI is InChI=1S/C25H21N3O3/c29-24-20-10-4-5-11-21(20)25(30)27(24)16-19-14-15-28(31,17-18-8-2-1-3-9-18)23-13-7-6-12-22(23)26-19/h1-13H,14-17H2. The normalized spacial score (nSPS) is 20.2. The molecule has 2 aliphatic heterocycles. The van der Waals surface area contributed by atoms with Gasteiger partial charge in [0.1, 0.15) is 12.2 Å². The minimum atomic E-state index is -0.532. The lowest BCUT2D eigenvalue weighted by Gasteiger charge is -2.42. The second kappa shape index (κ2) is 7.58. The summed E-state index contributed by atoms with van der Waals surface area (Å²) in [6.07, 6.45) is 0.401. The third-order valence-electron chi connectivity index (χ3n) is 5.86. The van der Waals surface area contributed by atoms with Gasteiger partial charge >= 0.3 is 0 Å². The highest BCUT2D eigenvalue weighted by molar-refractivity contribution is 6.22. The molecule has 2 heterocycles. The summed E-state index contributed by atoms with van der Waals surface area (Å²) in [5.41, 5.74) is 3.64. The summed E-state index contributed by atoms with van der Waals surface area (Å²) in [4.78, 5) is 31.5. The molecule has 6 nitrogen and oxygen atoms in total. The Hall–Kier alpha value is -3.61. The second-order valence-corrected chi connectivity index (χ2v) is 7.92. The highest BCUT2D eigenvalue weighted by Gasteiger charge is 2.37. The number of imide groups is 1. The Balaban J connectivity index is 1.44. The zero-order valence-corrected chi connectivity index (χ0v) is 16.9. The first-order valence-corrected chi connectivity index (χ1v) is 10.3. The molecule has 1 unspecified atom stereocenters. The number of hydrogen-bond donors (Lipinski definition) is 0. The van der Waals surface area contributed by atoms with Gasteiger partial charge in [0, 0.05) is 23.8 Å². The van der Waals surface area contributed by atoms with Gasteiger partial charge in [0.05, 0.1) is 24.2 Å². The summed E-state index contributed by atoms with van der Waals surface area (Å²) in [6, 6.07) is 23.8. The van der Waals surface area contributed by atoms with Gasteiger partial charge in [-0.15, -0.1) is 0 Å². The third-order valence-corrected chi connectivity index (χ3v) is 5.86. The smallest absolute Gasteiger partial charge is 0.261 e. The van der Waals surface area contributed by atoms with Gasteiger partial charge < -0.3 is 9.85 Å². The van der Waals surface area contributed by atoms with Gasteiger partial charge in [-0.3, -0.25) is 14.5 Å². The van der Waals surface area contributed by atoms with Gasteiger partial charge in [-0.05, 0) is 18.2 Å². The van der Waals surface area contributed by atoms with Crippen LogP contribution in [0.5, 0.6) is 0 Å². The largest absolute Gasteiger partial charge is 0.627 e. The fourth-order valence-electron chi connectivity index (χ4n) is 4.28. The Kier molecular flexibility index (Phi) is 4.73. The Morgan fingerprint density at radius 1 is 0.839 bits per heavy atom. The molecule has 2 aliphatic rings. The van der Waals surface area contributed by atoms with E-state index in [0.29, 0.717) is 41.2 Å². The molecule has 3 aromatic carbocycles. The van der Waals surface area contributed by atoms with Crippen LogP contribution in [0.25, 0.3) is 0 Å². The Morgan fingerprint density at radius 2 is 1.45 bits per heavy atom. The number of quaternary nitrogens is 1. The third kappa shape index (κ3) is 3.46. The van der Waals surface area contributed by atoms with E-state index >= 15 is 0 Å². The molecular weight excluding hydrogens is 390 g/mol. The van der Waals surface area contributed by atoms with Crippen LogP contribution in [0.3, 0.4) is 0 Å². The first-order valence-electron chi connectivity index (χ1n) is 10.3. The molecule has 0 aliphatic carbocycles. The molecule has 3 aromatic rings. The lowest BCUT2D eigenvalue weighted by molar-refractivity contribution is 0.0677. The van der Waals surface area contributed by atoms with E-state index in [2.05, 4.69) is 0 Å². The lowest BCUT2D eigenvalue weighted by Crippen LogP contribution is -2.44. The van der Waals surface area contributed by atoms with E-state index in [0.717, 1.165) is 5.56 Å². The van der Waals surface area contributed by atoms with Gasteiger partial charge in [-0.2, -0.15) is 0 Å². The molecule has 0 spiro atoms. The molecule has 0 radical (unpaired) electrons. The fraction of sp³-hybridized carbons (Fsp3) is 0.160. The number of amides is 2. The SMILES string of the molecule is O=C1c2ccccc2C(=O)N1CC1=Nc2ccccc2[N+]([O-])(Cc2ccccc2)CC1. The van der Waals surface area contributed by atoms with Gasteiger partial charge in [-0.1, -0.05) is 54.6 Å². The molecular formula is C25H21N3O3. The fourth-order valence-corrected chi connectivity index (χ4v) is 4.28. The van der Waals surface area contributed by atoms with E-state index in [9.17, 15) is 14.8 Å². The zero-order chi connectivity index (χ0) is 21.4. The minimum Gasteiger partial charge on any atom is -0.627 e. The number of benzene rings is 3. The number of nitrogens with zero attached hydrogens (tertiary/aromatic N) is 3. The lowest BCUT2D eigenvalue weighted by atomic mass is 10.1. The van der Waals surface area contributed by atoms with Gasteiger partial charge in [0.25, 0.3) is 11.8 Å². The first kappa shape index (κ1) is 19.4. The molecule has 6 heteroatoms. The summed E-state index contributed by atoms with van der Waals surface area (Å²) >= 11 is 0. The summed E-state index contributed by atoms with van der Waals surface area (Å²) in [6.45, 7) is 0.674. The van der Waals surface area contributed by atoms with Crippen LogP contribution >= 0.6 is 0 Å². The van der Waals surface area contributed by atoms with Crippen LogP contribution in [-0.4, -0.2) is 35.5 Å². The number of para-hydroxylation sites is 2. The van der Waals surface area contributed by atoms with E-state index in [4.69, 9.17) is 4.99 Å². The van der Waals surface area contributed by atoms with Crippen molar-refractivity contribution in [3.05, 3.63) is 101 Å². The van der Waals surface area contributed by atoms with Crippen molar-refractivity contribution in [1.29, 1.82) is 0 Å². The quantitative estimate of drug-likeness (QED) is 0.361. The maximum absolute atomic E-state index is 13.9. The van der Waals surface area contributed by atoms with Crippen LogP contribution in [0, 0.1) is 5.21 Å². The average molecular weight is 411 g/mol. The van der Waals surface area contributed by atoms with E-state index < -0.39 is 4.65 Å². The predicted molar refractivity (Wildman–Crippen MR) is 120 cm³/mol. The highest BCUT2D eigenvalue weighted by atomic mass is 16.5. The molecule has 0 saturated heterocycles. The molecule has 0 N–H and O–H groups in total. The Bertz CT molecular complexity index is 1170. The number of carbonyl (C=O) groups excluding carboxylic acids is 2. The van der Waals surface area contributed by atoms with Crippen LogP contribution < -0.4 is 4.65 Å². The molecule has 5 rings (SSSR count). The molecule has 2 amide bonds. The van der Waals surface area contributed by atoms with Crippen molar-refractivity contribution >= 4 is 28.9 Å². The number of fused-ring (bicyclic) bond motifs is 2. The van der Waals surface area contributed by atoms with Crippen LogP contribution in [0.15, 0.2) is 83.9 Å². The van der Waals surface area contributed by atoms with Crippen molar-refractivity contribution in [2.75, 3.05) is 13.1 Å². The van der Waals surface area contributed by atoms with Crippen LogP contribution in [0.1, 0.15) is 32.7 Å². The molecule has 31 heavy (non-hydrogen) atoms. The number of hydrogen-bond acceptors (Lipinski definition) is 4. The van der Waals surface area contributed by atoms with Crippen molar-refractivity contribution < 1.29 is 9.59 Å². The molecule has 0 fully saturated rings.